The second-order valence-corrected chi connectivity index (χ2v) is 9.64. The molecule has 6 rings (SSSR count). The molecule has 3 aromatic heterocycles. The molecule has 2 aliphatic heterocycles. The molecule has 5 heterocycles. The molecule has 0 saturated heterocycles. The van der Waals surface area contributed by atoms with Crippen LogP contribution in [0.15, 0.2) is 63.5 Å². The summed E-state index contributed by atoms with van der Waals surface area (Å²) in [5.74, 6) is 0.184. The van der Waals surface area contributed by atoms with Gasteiger partial charge in [-0.15, -0.1) is 0 Å². The SMILES string of the molecule is Oc1c(Br)cc(Br)cc1-c1cc2cc3ccc(cc4nc(cc5nc(cc1[nH]2)C=C5)C=C4)[nH]3. The van der Waals surface area contributed by atoms with Crippen molar-refractivity contribution in [3.05, 3.63) is 86.3 Å². The molecule has 4 aromatic rings. The molecular weight excluding hydrogens is 544 g/mol. The van der Waals surface area contributed by atoms with Crippen molar-refractivity contribution in [3.63, 3.8) is 0 Å². The molecule has 7 heteroatoms. The van der Waals surface area contributed by atoms with E-state index in [1.807, 2.05) is 78.9 Å². The number of hydrogen-bond acceptors (Lipinski definition) is 3. The molecule has 33 heavy (non-hydrogen) atoms. The molecular formula is C26H16Br2N4O. The van der Waals surface area contributed by atoms with Gasteiger partial charge in [-0.25, -0.2) is 9.97 Å². The standard InChI is InChI=1S/C26H16Br2N4O/c27-14-7-23(26(33)24(28)8-14)22-12-21-11-19-4-3-17(30-19)9-15-1-2-16(29-15)10-18-5-6-20(31-18)13-25(22)32-21/h1-13,30,32-33H. The second-order valence-electron chi connectivity index (χ2n) is 7.87. The number of aromatic nitrogens is 4. The molecule has 0 amide bonds. The molecule has 0 saturated carbocycles. The van der Waals surface area contributed by atoms with Crippen molar-refractivity contribution in [1.82, 2.24) is 19.9 Å². The maximum absolute atomic E-state index is 10.8. The van der Waals surface area contributed by atoms with E-state index in [1.54, 1.807) is 0 Å². The maximum atomic E-state index is 10.8. The molecule has 160 valence electrons. The summed E-state index contributed by atoms with van der Waals surface area (Å²) in [6, 6.07) is 17.8. The number of nitrogens with zero attached hydrogens (tertiary/aromatic N) is 2. The van der Waals surface area contributed by atoms with Gasteiger partial charge in [-0.2, -0.15) is 0 Å². The number of rotatable bonds is 1. The molecule has 0 aliphatic carbocycles. The number of H-pyrrole nitrogens is 2. The van der Waals surface area contributed by atoms with Crippen LogP contribution in [0.3, 0.4) is 0 Å². The predicted octanol–water partition coefficient (Wildman–Crippen LogP) is 7.55. The lowest BCUT2D eigenvalue weighted by atomic mass is 10.1. The first kappa shape index (κ1) is 20.2. The number of phenols is 1. The van der Waals surface area contributed by atoms with Gasteiger partial charge in [0.05, 0.1) is 27.2 Å². The Balaban J connectivity index is 1.69. The Hall–Kier alpha value is -3.42. The predicted molar refractivity (Wildman–Crippen MR) is 141 cm³/mol. The highest BCUT2D eigenvalue weighted by Gasteiger charge is 2.13. The molecule has 8 bridgehead atoms. The summed E-state index contributed by atoms with van der Waals surface area (Å²) in [4.78, 5) is 16.3. The van der Waals surface area contributed by atoms with Crippen molar-refractivity contribution in [1.29, 1.82) is 0 Å². The van der Waals surface area contributed by atoms with E-state index in [4.69, 9.17) is 4.98 Å². The zero-order valence-electron chi connectivity index (χ0n) is 17.1. The minimum absolute atomic E-state index is 0.184. The van der Waals surface area contributed by atoms with Gasteiger partial charge in [-0.1, -0.05) is 15.9 Å². The van der Waals surface area contributed by atoms with Gasteiger partial charge in [0.2, 0.25) is 0 Å². The van der Waals surface area contributed by atoms with E-state index < -0.39 is 0 Å². The van der Waals surface area contributed by atoms with Gasteiger partial charge in [0.1, 0.15) is 5.75 Å². The summed E-state index contributed by atoms with van der Waals surface area (Å²) in [5.41, 5.74) is 8.68. The quantitative estimate of drug-likeness (QED) is 0.194. The van der Waals surface area contributed by atoms with Crippen molar-refractivity contribution >= 4 is 78.2 Å². The molecule has 0 atom stereocenters. The molecule has 0 unspecified atom stereocenters. The molecule has 3 N–H and O–H groups in total. The van der Waals surface area contributed by atoms with Crippen LogP contribution in [0.5, 0.6) is 5.75 Å². The van der Waals surface area contributed by atoms with Crippen LogP contribution in [0, 0.1) is 0 Å². The molecule has 2 aliphatic rings. The first-order valence-corrected chi connectivity index (χ1v) is 11.9. The first-order valence-electron chi connectivity index (χ1n) is 10.3. The van der Waals surface area contributed by atoms with Crippen molar-refractivity contribution in [3.8, 4) is 16.9 Å². The largest absolute Gasteiger partial charge is 0.506 e. The van der Waals surface area contributed by atoms with Crippen molar-refractivity contribution < 1.29 is 5.11 Å². The highest BCUT2D eigenvalue weighted by Crippen LogP contribution is 2.40. The Labute approximate surface area is 205 Å². The number of hydrogen-bond donors (Lipinski definition) is 3. The van der Waals surface area contributed by atoms with Gasteiger partial charge >= 0.3 is 0 Å². The number of phenolic OH excluding ortho intramolecular Hbond substituents is 1. The topological polar surface area (TPSA) is 77.6 Å². The lowest BCUT2D eigenvalue weighted by Crippen LogP contribution is -1.81. The molecule has 1 aromatic carbocycles. The van der Waals surface area contributed by atoms with E-state index in [0.717, 1.165) is 54.9 Å². The maximum Gasteiger partial charge on any atom is 0.137 e. The highest BCUT2D eigenvalue weighted by atomic mass is 79.9. The minimum atomic E-state index is 0.184. The van der Waals surface area contributed by atoms with Crippen LogP contribution in [-0.2, 0) is 0 Å². The van der Waals surface area contributed by atoms with Crippen LogP contribution in [0.1, 0.15) is 22.8 Å². The summed E-state index contributed by atoms with van der Waals surface area (Å²) in [5, 5.41) is 10.8. The van der Waals surface area contributed by atoms with E-state index in [1.165, 1.54) is 0 Å². The number of aromatic hydroxyl groups is 1. The Morgan fingerprint density at radius 2 is 1.24 bits per heavy atom. The zero-order chi connectivity index (χ0) is 22.5. The third kappa shape index (κ3) is 3.94. The van der Waals surface area contributed by atoms with Crippen LogP contribution in [0.25, 0.3) is 57.5 Å². The average molecular weight is 560 g/mol. The van der Waals surface area contributed by atoms with E-state index in [-0.39, 0.29) is 5.75 Å². The van der Waals surface area contributed by atoms with Gasteiger partial charge in [-0.3, -0.25) is 0 Å². The van der Waals surface area contributed by atoms with Gasteiger partial charge in [0, 0.05) is 37.7 Å². The van der Waals surface area contributed by atoms with Crippen LogP contribution >= 0.6 is 31.9 Å². The second kappa shape index (κ2) is 7.86. The van der Waals surface area contributed by atoms with Crippen molar-refractivity contribution in [2.45, 2.75) is 0 Å². The van der Waals surface area contributed by atoms with Gasteiger partial charge in [-0.05, 0) is 94.8 Å². The van der Waals surface area contributed by atoms with Crippen molar-refractivity contribution in [2.24, 2.45) is 0 Å². The number of nitrogens with one attached hydrogen (secondary N) is 2. The Kier molecular flexibility index (Phi) is 4.81. The smallest absolute Gasteiger partial charge is 0.137 e. The summed E-state index contributed by atoms with van der Waals surface area (Å²) in [6.07, 6.45) is 7.93. The number of aromatic amines is 2. The van der Waals surface area contributed by atoms with Crippen LogP contribution < -0.4 is 0 Å². The average Bonchev–Trinajstić information content (AvgIpc) is 3.56. The van der Waals surface area contributed by atoms with Crippen LogP contribution in [-0.4, -0.2) is 25.0 Å². The van der Waals surface area contributed by atoms with E-state index in [9.17, 15) is 5.11 Å². The fourth-order valence-corrected chi connectivity index (χ4v) is 5.24. The monoisotopic (exact) mass is 558 g/mol. The fourth-order valence-electron chi connectivity index (χ4n) is 4.01. The lowest BCUT2D eigenvalue weighted by molar-refractivity contribution is 0.474. The lowest BCUT2D eigenvalue weighted by Gasteiger charge is -2.06. The zero-order valence-corrected chi connectivity index (χ0v) is 20.3. The number of halogens is 2. The molecule has 5 nitrogen and oxygen atoms in total. The Morgan fingerprint density at radius 1 is 0.606 bits per heavy atom. The Morgan fingerprint density at radius 3 is 1.97 bits per heavy atom. The minimum Gasteiger partial charge on any atom is -0.506 e. The Bertz CT molecular complexity index is 1660. The molecule has 0 fully saturated rings. The summed E-state index contributed by atoms with van der Waals surface area (Å²) >= 11 is 6.98. The normalized spacial score (nSPS) is 12.4. The van der Waals surface area contributed by atoms with Gasteiger partial charge < -0.3 is 15.1 Å². The van der Waals surface area contributed by atoms with E-state index in [2.05, 4.69) is 46.8 Å². The highest BCUT2D eigenvalue weighted by molar-refractivity contribution is 9.11. The summed E-state index contributed by atoms with van der Waals surface area (Å²) in [7, 11) is 0. The number of benzene rings is 1. The van der Waals surface area contributed by atoms with Gasteiger partial charge in [0.15, 0.2) is 0 Å². The van der Waals surface area contributed by atoms with Crippen LogP contribution in [0.2, 0.25) is 0 Å². The van der Waals surface area contributed by atoms with Crippen molar-refractivity contribution in [2.75, 3.05) is 0 Å². The summed E-state index contributed by atoms with van der Waals surface area (Å²) < 4.78 is 1.49. The third-order valence-corrected chi connectivity index (χ3v) is 6.55. The third-order valence-electron chi connectivity index (χ3n) is 5.49. The fraction of sp³-hybridized carbons (Fsp3) is 0. The van der Waals surface area contributed by atoms with Gasteiger partial charge in [0.25, 0.3) is 0 Å². The first-order chi connectivity index (χ1) is 16.0. The summed E-state index contributed by atoms with van der Waals surface area (Å²) in [6.45, 7) is 0. The van der Waals surface area contributed by atoms with Crippen LogP contribution in [0.4, 0.5) is 0 Å². The van der Waals surface area contributed by atoms with E-state index in [0.29, 0.717) is 10.0 Å². The molecule has 0 spiro atoms. The molecule has 0 radical (unpaired) electrons. The number of fused-ring (bicyclic) bond motifs is 8. The van der Waals surface area contributed by atoms with E-state index >= 15 is 0 Å².